The fraction of sp³-hybridized carbons (Fsp3) is 0.636. The molecule has 0 radical (unpaired) electrons. The van der Waals surface area contributed by atoms with Gasteiger partial charge in [-0.25, -0.2) is 5.06 Å². The molecule has 19 heavy (non-hydrogen) atoms. The van der Waals surface area contributed by atoms with Gasteiger partial charge in [-0.3, -0.25) is 4.79 Å². The number of halogens is 3. The minimum Gasteiger partial charge on any atom is -0.303 e. The second kappa shape index (κ2) is 5.16. The fourth-order valence-electron chi connectivity index (χ4n) is 2.74. The highest BCUT2D eigenvalue weighted by Crippen LogP contribution is 2.48. The zero-order chi connectivity index (χ0) is 14.2. The van der Waals surface area contributed by atoms with Crippen molar-refractivity contribution in [2.75, 3.05) is 7.05 Å². The van der Waals surface area contributed by atoms with Crippen molar-refractivity contribution < 1.29 is 27.0 Å². The highest BCUT2D eigenvalue weighted by atomic mass is 32.2. The molecule has 0 spiro atoms. The number of nitrogens with zero attached hydrogens (tertiary/aromatic N) is 1. The van der Waals surface area contributed by atoms with Gasteiger partial charge in [0, 0.05) is 13.0 Å². The summed E-state index contributed by atoms with van der Waals surface area (Å²) in [7, 11) is 1.12. The SMILES string of the molecule is CN(OSC(F)(F)F)C(=O)C1C2C=CC(C2)C1C=O. The third kappa shape index (κ3) is 2.94. The van der Waals surface area contributed by atoms with E-state index >= 15 is 0 Å². The molecular formula is C11H12F3NO3S. The minimum absolute atomic E-state index is 0.0140. The van der Waals surface area contributed by atoms with E-state index in [1.54, 1.807) is 0 Å². The molecular weight excluding hydrogens is 283 g/mol. The number of aldehydes is 1. The molecule has 0 aromatic carbocycles. The van der Waals surface area contributed by atoms with E-state index < -0.39 is 35.3 Å². The largest absolute Gasteiger partial charge is 0.470 e. The summed E-state index contributed by atoms with van der Waals surface area (Å²) in [5, 5.41) is 0.563. The van der Waals surface area contributed by atoms with Gasteiger partial charge in [0.2, 0.25) is 0 Å². The molecule has 0 aliphatic heterocycles. The van der Waals surface area contributed by atoms with Crippen LogP contribution in [0.2, 0.25) is 0 Å². The molecule has 0 saturated heterocycles. The van der Waals surface area contributed by atoms with Crippen molar-refractivity contribution in [1.82, 2.24) is 5.06 Å². The normalized spacial score (nSPS) is 32.6. The Morgan fingerprint density at radius 1 is 1.42 bits per heavy atom. The summed E-state index contributed by atoms with van der Waals surface area (Å²) >= 11 is -0.744. The van der Waals surface area contributed by atoms with Gasteiger partial charge >= 0.3 is 5.51 Å². The number of fused-ring (bicyclic) bond motifs is 2. The Morgan fingerprint density at radius 3 is 2.63 bits per heavy atom. The number of alkyl halides is 3. The number of carbonyl (C=O) groups is 2. The van der Waals surface area contributed by atoms with Crippen LogP contribution in [0.5, 0.6) is 0 Å². The fourth-order valence-corrected chi connectivity index (χ4v) is 3.01. The van der Waals surface area contributed by atoms with E-state index in [0.717, 1.165) is 7.05 Å². The Hall–Kier alpha value is -1.02. The van der Waals surface area contributed by atoms with E-state index in [9.17, 15) is 22.8 Å². The first-order valence-corrected chi connectivity index (χ1v) is 6.41. The van der Waals surface area contributed by atoms with Crippen molar-refractivity contribution >= 4 is 24.2 Å². The summed E-state index contributed by atoms with van der Waals surface area (Å²) < 4.78 is 40.3. The lowest BCUT2D eigenvalue weighted by Gasteiger charge is -2.26. The average Bonchev–Trinajstić information content (AvgIpc) is 2.93. The van der Waals surface area contributed by atoms with Crippen LogP contribution in [0.1, 0.15) is 6.42 Å². The molecule has 1 fully saturated rings. The Balaban J connectivity index is 1.99. The second-order valence-corrected chi connectivity index (χ2v) is 5.41. The van der Waals surface area contributed by atoms with Crippen LogP contribution < -0.4 is 0 Å². The first-order valence-electron chi connectivity index (χ1n) is 5.67. The van der Waals surface area contributed by atoms with Gasteiger partial charge in [-0.1, -0.05) is 12.2 Å². The molecule has 1 amide bonds. The second-order valence-electron chi connectivity index (χ2n) is 4.63. The van der Waals surface area contributed by atoms with E-state index in [2.05, 4.69) is 4.28 Å². The highest BCUT2D eigenvalue weighted by Gasteiger charge is 2.49. The molecule has 0 heterocycles. The smallest absolute Gasteiger partial charge is 0.303 e. The summed E-state index contributed by atoms with van der Waals surface area (Å²) in [6.45, 7) is 0. The van der Waals surface area contributed by atoms with Gasteiger partial charge in [-0.2, -0.15) is 17.5 Å². The Bertz CT molecular complexity index is 412. The average molecular weight is 295 g/mol. The number of amides is 1. The van der Waals surface area contributed by atoms with Gasteiger partial charge in [0.25, 0.3) is 5.91 Å². The molecule has 4 nitrogen and oxygen atoms in total. The topological polar surface area (TPSA) is 46.6 Å². The molecule has 0 aromatic rings. The molecule has 4 unspecified atom stereocenters. The number of hydrogen-bond acceptors (Lipinski definition) is 4. The lowest BCUT2D eigenvalue weighted by atomic mass is 9.83. The number of hydrogen-bond donors (Lipinski definition) is 0. The number of carbonyl (C=O) groups excluding carboxylic acids is 2. The van der Waals surface area contributed by atoms with Crippen molar-refractivity contribution in [3.63, 3.8) is 0 Å². The maximum atomic E-state index is 12.0. The third-order valence-corrected chi connectivity index (χ3v) is 4.00. The van der Waals surface area contributed by atoms with Gasteiger partial charge in [0.1, 0.15) is 18.3 Å². The van der Waals surface area contributed by atoms with E-state index in [-0.39, 0.29) is 11.8 Å². The lowest BCUT2D eigenvalue weighted by molar-refractivity contribution is -0.159. The van der Waals surface area contributed by atoms with Crippen molar-refractivity contribution in [3.8, 4) is 0 Å². The van der Waals surface area contributed by atoms with Crippen molar-refractivity contribution in [1.29, 1.82) is 0 Å². The predicted octanol–water partition coefficient (Wildman–Crippen LogP) is 2.18. The van der Waals surface area contributed by atoms with Crippen LogP contribution in [-0.4, -0.2) is 29.8 Å². The highest BCUT2D eigenvalue weighted by molar-refractivity contribution is 7.95. The van der Waals surface area contributed by atoms with Crippen LogP contribution in [0.4, 0.5) is 13.2 Å². The molecule has 1 saturated carbocycles. The van der Waals surface area contributed by atoms with Crippen LogP contribution in [0.15, 0.2) is 12.2 Å². The summed E-state index contributed by atoms with van der Waals surface area (Å²) in [6.07, 6.45) is 5.14. The summed E-state index contributed by atoms with van der Waals surface area (Å²) in [6, 6.07) is 0. The number of allylic oxidation sites excluding steroid dienone is 2. The van der Waals surface area contributed by atoms with E-state index in [1.807, 2.05) is 12.2 Å². The first kappa shape index (κ1) is 14.4. The van der Waals surface area contributed by atoms with E-state index in [0.29, 0.717) is 17.8 Å². The number of hydroxylamine groups is 2. The van der Waals surface area contributed by atoms with Gasteiger partial charge in [-0.05, 0) is 18.3 Å². The monoisotopic (exact) mass is 295 g/mol. The maximum Gasteiger partial charge on any atom is 0.470 e. The Kier molecular flexibility index (Phi) is 3.91. The van der Waals surface area contributed by atoms with Crippen LogP contribution in [0, 0.1) is 23.7 Å². The molecule has 0 aromatic heterocycles. The zero-order valence-electron chi connectivity index (χ0n) is 9.96. The molecule has 8 heteroatoms. The van der Waals surface area contributed by atoms with Gasteiger partial charge in [-0.15, -0.1) is 0 Å². The van der Waals surface area contributed by atoms with E-state index in [4.69, 9.17) is 0 Å². The van der Waals surface area contributed by atoms with E-state index in [1.165, 1.54) is 0 Å². The van der Waals surface area contributed by atoms with Crippen LogP contribution >= 0.6 is 12.0 Å². The molecule has 2 rings (SSSR count). The minimum atomic E-state index is -4.58. The lowest BCUT2D eigenvalue weighted by Crippen LogP contribution is -2.38. The first-order chi connectivity index (χ1) is 8.83. The summed E-state index contributed by atoms with van der Waals surface area (Å²) in [4.78, 5) is 23.1. The van der Waals surface area contributed by atoms with Crippen LogP contribution in [0.3, 0.4) is 0 Å². The maximum absolute atomic E-state index is 12.0. The van der Waals surface area contributed by atoms with Crippen molar-refractivity contribution in [2.24, 2.45) is 23.7 Å². The zero-order valence-corrected chi connectivity index (χ0v) is 10.8. The number of rotatable bonds is 4. The quantitative estimate of drug-likeness (QED) is 0.345. The van der Waals surface area contributed by atoms with Crippen molar-refractivity contribution in [3.05, 3.63) is 12.2 Å². The Labute approximate surface area is 112 Å². The van der Waals surface area contributed by atoms with Gasteiger partial charge in [0.15, 0.2) is 0 Å². The third-order valence-electron chi connectivity index (χ3n) is 3.52. The molecule has 2 aliphatic carbocycles. The molecule has 4 atom stereocenters. The molecule has 2 bridgehead atoms. The van der Waals surface area contributed by atoms with Crippen LogP contribution in [-0.2, 0) is 13.9 Å². The predicted molar refractivity (Wildman–Crippen MR) is 61.3 cm³/mol. The molecule has 106 valence electrons. The molecule has 2 aliphatic rings. The summed E-state index contributed by atoms with van der Waals surface area (Å²) in [5.41, 5.74) is -4.58. The van der Waals surface area contributed by atoms with Crippen LogP contribution in [0.25, 0.3) is 0 Å². The molecule has 0 N–H and O–H groups in total. The van der Waals surface area contributed by atoms with Gasteiger partial charge in [0.05, 0.1) is 5.92 Å². The standard InChI is InChI=1S/C11H12F3NO3S/c1-15(18-19-11(12,13)14)10(17)9-7-3-2-6(4-7)8(9)5-16/h2-3,5-9H,4H2,1H3. The summed E-state index contributed by atoms with van der Waals surface area (Å²) in [5.74, 6) is -1.75. The Morgan fingerprint density at radius 2 is 2.05 bits per heavy atom. The van der Waals surface area contributed by atoms with Crippen molar-refractivity contribution in [2.45, 2.75) is 11.9 Å². The van der Waals surface area contributed by atoms with Gasteiger partial charge < -0.3 is 4.79 Å².